The molecule has 0 aromatic carbocycles. The van der Waals surface area contributed by atoms with Gasteiger partial charge in [0.1, 0.15) is 11.5 Å². The molecule has 1 saturated carbocycles. The fourth-order valence-corrected chi connectivity index (χ4v) is 3.31. The third kappa shape index (κ3) is 7.37. The molecule has 7 N–H and O–H groups in total. The average Bonchev–Trinajstić information content (AvgIpc) is 2.62. The first-order valence-electron chi connectivity index (χ1n) is 10.3. The molecule has 1 aliphatic carbocycles. The minimum absolute atomic E-state index is 0.240. The van der Waals surface area contributed by atoms with Gasteiger partial charge in [-0.05, 0) is 38.6 Å². The molecular formula is C19H37N5O4. The summed E-state index contributed by atoms with van der Waals surface area (Å²) in [4.78, 5) is 37.7. The summed E-state index contributed by atoms with van der Waals surface area (Å²) in [6.07, 6.45) is 5.82. The van der Waals surface area contributed by atoms with Crippen LogP contribution in [0.4, 0.5) is 0 Å². The summed E-state index contributed by atoms with van der Waals surface area (Å²) < 4.78 is 0. The number of carbonyl (C=O) groups excluding carboxylic acids is 3. The van der Waals surface area contributed by atoms with Gasteiger partial charge in [0, 0.05) is 13.6 Å². The fourth-order valence-electron chi connectivity index (χ4n) is 3.31. The lowest BCUT2D eigenvalue weighted by molar-refractivity contribution is -0.151. The van der Waals surface area contributed by atoms with Gasteiger partial charge in [0.2, 0.25) is 17.7 Å². The van der Waals surface area contributed by atoms with Crippen molar-refractivity contribution < 1.29 is 19.5 Å². The summed E-state index contributed by atoms with van der Waals surface area (Å²) in [6.45, 7) is 3.10. The van der Waals surface area contributed by atoms with E-state index in [9.17, 15) is 14.4 Å². The Labute approximate surface area is 167 Å². The highest BCUT2D eigenvalue weighted by Gasteiger charge is 2.51. The molecule has 2 atom stereocenters. The van der Waals surface area contributed by atoms with Gasteiger partial charge in [-0.15, -0.1) is 0 Å². The van der Waals surface area contributed by atoms with E-state index in [-0.39, 0.29) is 17.7 Å². The van der Waals surface area contributed by atoms with Crippen LogP contribution in [0, 0.1) is 5.41 Å². The molecule has 0 bridgehead atoms. The van der Waals surface area contributed by atoms with E-state index in [4.69, 9.17) is 10.8 Å². The molecule has 1 aliphatic rings. The maximum atomic E-state index is 12.9. The zero-order valence-electron chi connectivity index (χ0n) is 17.2. The van der Waals surface area contributed by atoms with Crippen LogP contribution in [0.25, 0.3) is 0 Å². The van der Waals surface area contributed by atoms with Crippen molar-refractivity contribution in [3.8, 4) is 0 Å². The van der Waals surface area contributed by atoms with Gasteiger partial charge < -0.3 is 21.1 Å². The SMILES string of the molecule is CCCCCCNC(=O)C1(C(=O)N[C@@H](CCCNC(N)O)C(=O)NC)CCC1. The minimum atomic E-state index is -1.12. The smallest absolute Gasteiger partial charge is 0.242 e. The van der Waals surface area contributed by atoms with Crippen molar-refractivity contribution in [2.24, 2.45) is 11.1 Å². The van der Waals surface area contributed by atoms with Crippen LogP contribution in [-0.2, 0) is 14.4 Å². The Balaban J connectivity index is 2.59. The number of nitrogens with two attached hydrogens (primary N) is 1. The van der Waals surface area contributed by atoms with E-state index in [1.165, 1.54) is 7.05 Å². The van der Waals surface area contributed by atoms with Crippen LogP contribution in [0.1, 0.15) is 64.7 Å². The van der Waals surface area contributed by atoms with Crippen molar-refractivity contribution in [1.82, 2.24) is 21.3 Å². The van der Waals surface area contributed by atoms with Crippen molar-refractivity contribution in [2.45, 2.75) is 77.1 Å². The average molecular weight is 400 g/mol. The van der Waals surface area contributed by atoms with Crippen molar-refractivity contribution in [1.29, 1.82) is 0 Å². The predicted molar refractivity (Wildman–Crippen MR) is 107 cm³/mol. The topological polar surface area (TPSA) is 146 Å². The number of amides is 3. The number of unbranched alkanes of at least 4 members (excludes halogenated alkanes) is 3. The molecule has 9 heteroatoms. The maximum Gasteiger partial charge on any atom is 0.242 e. The highest BCUT2D eigenvalue weighted by atomic mass is 16.3. The largest absolute Gasteiger partial charge is 0.366 e. The molecule has 28 heavy (non-hydrogen) atoms. The number of rotatable bonds is 14. The second-order valence-corrected chi connectivity index (χ2v) is 7.43. The second-order valence-electron chi connectivity index (χ2n) is 7.43. The van der Waals surface area contributed by atoms with Gasteiger partial charge in [-0.1, -0.05) is 32.6 Å². The van der Waals surface area contributed by atoms with Crippen LogP contribution in [0.5, 0.6) is 0 Å². The van der Waals surface area contributed by atoms with E-state index in [1.54, 1.807) is 0 Å². The normalized spacial score (nSPS) is 17.1. The van der Waals surface area contributed by atoms with E-state index in [1.807, 2.05) is 0 Å². The number of likely N-dealkylation sites (N-methyl/N-ethyl adjacent to an activating group) is 1. The van der Waals surface area contributed by atoms with Gasteiger partial charge in [-0.3, -0.25) is 25.4 Å². The van der Waals surface area contributed by atoms with E-state index in [0.717, 1.165) is 32.1 Å². The molecule has 1 fully saturated rings. The van der Waals surface area contributed by atoms with Crippen LogP contribution in [0.2, 0.25) is 0 Å². The number of nitrogens with one attached hydrogen (secondary N) is 4. The molecule has 0 aliphatic heterocycles. The van der Waals surface area contributed by atoms with Crippen molar-refractivity contribution in [2.75, 3.05) is 20.1 Å². The number of aliphatic hydroxyl groups excluding tert-OH is 1. The third-order valence-electron chi connectivity index (χ3n) is 5.28. The third-order valence-corrected chi connectivity index (χ3v) is 5.28. The molecule has 0 spiro atoms. The maximum absolute atomic E-state index is 12.9. The Morgan fingerprint density at radius 2 is 1.79 bits per heavy atom. The number of carbonyl (C=O) groups is 3. The van der Waals surface area contributed by atoms with E-state index >= 15 is 0 Å². The van der Waals surface area contributed by atoms with Crippen LogP contribution in [-0.4, -0.2) is 55.4 Å². The molecule has 0 aromatic rings. The first kappa shape index (κ1) is 24.3. The molecule has 0 heterocycles. The monoisotopic (exact) mass is 399 g/mol. The Bertz CT molecular complexity index is 509. The lowest BCUT2D eigenvalue weighted by Crippen LogP contribution is -2.59. The van der Waals surface area contributed by atoms with Crippen molar-refractivity contribution >= 4 is 17.7 Å². The molecular weight excluding hydrogens is 362 g/mol. The van der Waals surface area contributed by atoms with Gasteiger partial charge in [0.15, 0.2) is 6.35 Å². The van der Waals surface area contributed by atoms with E-state index in [0.29, 0.717) is 38.8 Å². The zero-order valence-corrected chi connectivity index (χ0v) is 17.2. The lowest BCUT2D eigenvalue weighted by atomic mass is 9.67. The molecule has 1 unspecified atom stereocenters. The van der Waals surface area contributed by atoms with E-state index < -0.39 is 17.8 Å². The first-order valence-corrected chi connectivity index (χ1v) is 10.3. The van der Waals surface area contributed by atoms with Crippen LogP contribution >= 0.6 is 0 Å². The number of hydrogen-bond donors (Lipinski definition) is 6. The highest BCUT2D eigenvalue weighted by molar-refractivity contribution is 6.07. The van der Waals surface area contributed by atoms with E-state index in [2.05, 4.69) is 28.2 Å². The van der Waals surface area contributed by atoms with Crippen LogP contribution < -0.4 is 27.0 Å². The Morgan fingerprint density at radius 3 is 2.32 bits per heavy atom. The Hall–Kier alpha value is -1.71. The van der Waals surface area contributed by atoms with Crippen molar-refractivity contribution in [3.63, 3.8) is 0 Å². The van der Waals surface area contributed by atoms with Crippen LogP contribution in [0.3, 0.4) is 0 Å². The van der Waals surface area contributed by atoms with Gasteiger partial charge in [0.25, 0.3) is 0 Å². The molecule has 0 radical (unpaired) electrons. The quantitative estimate of drug-likeness (QED) is 0.134. The summed E-state index contributed by atoms with van der Waals surface area (Å²) in [5.74, 6) is -0.933. The van der Waals surface area contributed by atoms with Gasteiger partial charge >= 0.3 is 0 Å². The lowest BCUT2D eigenvalue weighted by Gasteiger charge is -2.39. The summed E-state index contributed by atoms with van der Waals surface area (Å²) >= 11 is 0. The molecule has 162 valence electrons. The number of hydrogen-bond acceptors (Lipinski definition) is 6. The molecule has 0 saturated heterocycles. The van der Waals surface area contributed by atoms with Gasteiger partial charge in [-0.2, -0.15) is 0 Å². The van der Waals surface area contributed by atoms with Gasteiger partial charge in [-0.25, -0.2) is 0 Å². The summed E-state index contributed by atoms with van der Waals surface area (Å²) in [6, 6.07) is -0.732. The molecule has 9 nitrogen and oxygen atoms in total. The Kier molecular flexibility index (Phi) is 11.0. The van der Waals surface area contributed by atoms with Crippen LogP contribution in [0.15, 0.2) is 0 Å². The summed E-state index contributed by atoms with van der Waals surface area (Å²) in [7, 11) is 1.51. The Morgan fingerprint density at radius 1 is 1.07 bits per heavy atom. The second kappa shape index (κ2) is 12.7. The molecule has 1 rings (SSSR count). The minimum Gasteiger partial charge on any atom is -0.366 e. The summed E-state index contributed by atoms with van der Waals surface area (Å²) in [5, 5.41) is 19.9. The van der Waals surface area contributed by atoms with Crippen molar-refractivity contribution in [3.05, 3.63) is 0 Å². The fraction of sp³-hybridized carbons (Fsp3) is 0.842. The highest BCUT2D eigenvalue weighted by Crippen LogP contribution is 2.41. The standard InChI is InChI=1S/C19H37N5O4/c1-3-4-5-6-12-22-16(26)19(10-8-11-19)17(27)24-14(15(25)21-2)9-7-13-23-18(20)28/h14,18,23,28H,3-13,20H2,1-2H3,(H,21,25)(H,22,26)(H,24,27)/t14-,18?/m0/s1. The zero-order chi connectivity index (χ0) is 21.0. The van der Waals surface area contributed by atoms with Gasteiger partial charge in [0.05, 0.1) is 0 Å². The number of aliphatic hydroxyl groups is 1. The predicted octanol–water partition coefficient (Wildman–Crippen LogP) is -0.312. The molecule has 3 amide bonds. The summed E-state index contributed by atoms with van der Waals surface area (Å²) in [5.41, 5.74) is 4.14. The molecule has 0 aromatic heterocycles. The first-order chi connectivity index (χ1) is 13.4.